The number of ether oxygens (including phenoxy) is 2. The van der Waals surface area contributed by atoms with Crippen LogP contribution in [0.5, 0.6) is 11.5 Å². The molecule has 0 spiro atoms. The molecule has 2 heterocycles. The minimum absolute atomic E-state index is 0.152. The average molecular weight is 438 g/mol. The van der Waals surface area contributed by atoms with Gasteiger partial charge in [0.15, 0.2) is 0 Å². The molecule has 0 radical (unpaired) electrons. The number of para-hydroxylation sites is 1. The highest BCUT2D eigenvalue weighted by molar-refractivity contribution is 7.13. The Hall–Kier alpha value is -2.90. The Labute approximate surface area is 187 Å². The van der Waals surface area contributed by atoms with Crippen LogP contribution in [0.1, 0.15) is 11.3 Å². The van der Waals surface area contributed by atoms with Crippen molar-refractivity contribution in [3.63, 3.8) is 0 Å². The lowest BCUT2D eigenvalue weighted by Gasteiger charge is -2.34. The summed E-state index contributed by atoms with van der Waals surface area (Å²) in [6.45, 7) is 3.99. The van der Waals surface area contributed by atoms with Gasteiger partial charge in [-0.2, -0.15) is 0 Å². The van der Waals surface area contributed by atoms with Gasteiger partial charge in [0, 0.05) is 49.2 Å². The minimum Gasteiger partial charge on any atom is -0.497 e. The summed E-state index contributed by atoms with van der Waals surface area (Å²) >= 11 is 1.66. The topological polar surface area (TPSA) is 54.9 Å². The van der Waals surface area contributed by atoms with Crippen LogP contribution in [0.3, 0.4) is 0 Å². The lowest BCUT2D eigenvalue weighted by Crippen LogP contribution is -2.48. The van der Waals surface area contributed by atoms with Crippen LogP contribution in [0.15, 0.2) is 53.9 Å². The van der Waals surface area contributed by atoms with Crippen LogP contribution >= 0.6 is 11.3 Å². The number of aromatic nitrogens is 1. The van der Waals surface area contributed by atoms with Gasteiger partial charge in [-0.3, -0.25) is 9.69 Å². The van der Waals surface area contributed by atoms with Crippen LogP contribution in [-0.4, -0.2) is 61.1 Å². The van der Waals surface area contributed by atoms with Crippen molar-refractivity contribution in [1.82, 2.24) is 14.8 Å². The molecule has 3 aromatic rings. The van der Waals surface area contributed by atoms with E-state index in [4.69, 9.17) is 14.5 Å². The number of piperazine rings is 1. The number of amides is 1. The van der Waals surface area contributed by atoms with Gasteiger partial charge in [0.05, 0.1) is 26.3 Å². The molecule has 0 atom stereocenters. The van der Waals surface area contributed by atoms with Gasteiger partial charge in [-0.25, -0.2) is 4.98 Å². The molecule has 7 heteroatoms. The molecule has 1 amide bonds. The van der Waals surface area contributed by atoms with Gasteiger partial charge in [-0.1, -0.05) is 18.2 Å². The summed E-state index contributed by atoms with van der Waals surface area (Å²) in [4.78, 5) is 21.9. The van der Waals surface area contributed by atoms with Crippen LogP contribution in [-0.2, 0) is 17.8 Å². The van der Waals surface area contributed by atoms with Crippen molar-refractivity contribution >= 4 is 17.2 Å². The lowest BCUT2D eigenvalue weighted by atomic mass is 10.1. The molecule has 162 valence electrons. The molecule has 0 N–H and O–H groups in total. The molecule has 0 saturated carbocycles. The summed E-state index contributed by atoms with van der Waals surface area (Å²) in [5.41, 5.74) is 3.11. The van der Waals surface area contributed by atoms with E-state index >= 15 is 0 Å². The van der Waals surface area contributed by atoms with E-state index < -0.39 is 0 Å². The van der Waals surface area contributed by atoms with E-state index in [0.717, 1.165) is 66.1 Å². The summed E-state index contributed by atoms with van der Waals surface area (Å²) in [6, 6.07) is 15.7. The van der Waals surface area contributed by atoms with Crippen molar-refractivity contribution in [2.45, 2.75) is 13.0 Å². The molecule has 0 bridgehead atoms. The van der Waals surface area contributed by atoms with Gasteiger partial charge < -0.3 is 14.4 Å². The van der Waals surface area contributed by atoms with Gasteiger partial charge in [0.1, 0.15) is 16.5 Å². The van der Waals surface area contributed by atoms with Crippen LogP contribution in [0.4, 0.5) is 0 Å². The molecule has 1 aromatic heterocycles. The highest BCUT2D eigenvalue weighted by atomic mass is 32.1. The molecular weight excluding hydrogens is 410 g/mol. The molecule has 0 unspecified atom stereocenters. The fourth-order valence-corrected chi connectivity index (χ4v) is 4.57. The van der Waals surface area contributed by atoms with Crippen LogP contribution in [0.2, 0.25) is 0 Å². The van der Waals surface area contributed by atoms with Crippen molar-refractivity contribution in [3.8, 4) is 22.1 Å². The molecule has 6 nitrogen and oxygen atoms in total. The quantitative estimate of drug-likeness (QED) is 0.564. The van der Waals surface area contributed by atoms with E-state index in [0.29, 0.717) is 6.42 Å². The first-order valence-corrected chi connectivity index (χ1v) is 11.2. The van der Waals surface area contributed by atoms with E-state index in [9.17, 15) is 4.79 Å². The molecule has 1 aliphatic heterocycles. The molecule has 2 aromatic carbocycles. The highest BCUT2D eigenvalue weighted by Crippen LogP contribution is 2.26. The van der Waals surface area contributed by atoms with E-state index in [1.165, 1.54) is 0 Å². The number of hydrogen-bond acceptors (Lipinski definition) is 6. The Balaban J connectivity index is 1.29. The maximum atomic E-state index is 12.7. The largest absolute Gasteiger partial charge is 0.497 e. The third kappa shape index (κ3) is 5.24. The van der Waals surface area contributed by atoms with E-state index in [1.54, 1.807) is 25.6 Å². The maximum absolute atomic E-state index is 12.7. The number of carbonyl (C=O) groups is 1. The SMILES string of the molecule is COc1ccc(-c2nc(CN3CCN(C(=O)Cc4ccccc4OC)CC3)cs2)cc1. The van der Waals surface area contributed by atoms with Gasteiger partial charge in [0.25, 0.3) is 0 Å². The van der Waals surface area contributed by atoms with Crippen LogP contribution in [0, 0.1) is 0 Å². The molecule has 0 aliphatic carbocycles. The first-order valence-electron chi connectivity index (χ1n) is 10.4. The second-order valence-electron chi connectivity index (χ2n) is 7.52. The van der Waals surface area contributed by atoms with Crippen molar-refractivity contribution in [2.24, 2.45) is 0 Å². The zero-order chi connectivity index (χ0) is 21.6. The number of benzene rings is 2. The minimum atomic E-state index is 0.152. The van der Waals surface area contributed by atoms with Crippen molar-refractivity contribution < 1.29 is 14.3 Å². The Kier molecular flexibility index (Phi) is 6.84. The van der Waals surface area contributed by atoms with Gasteiger partial charge in [-0.05, 0) is 30.3 Å². The lowest BCUT2D eigenvalue weighted by molar-refractivity contribution is -0.132. The Morgan fingerprint density at radius 1 is 1.00 bits per heavy atom. The predicted molar refractivity (Wildman–Crippen MR) is 123 cm³/mol. The number of thiazole rings is 1. The van der Waals surface area contributed by atoms with Crippen LogP contribution in [0.25, 0.3) is 10.6 Å². The molecule has 1 saturated heterocycles. The van der Waals surface area contributed by atoms with E-state index in [2.05, 4.69) is 10.3 Å². The summed E-state index contributed by atoms with van der Waals surface area (Å²) in [5, 5.41) is 3.14. The normalized spacial score (nSPS) is 14.5. The van der Waals surface area contributed by atoms with Crippen molar-refractivity contribution in [3.05, 3.63) is 65.2 Å². The number of methoxy groups -OCH3 is 2. The number of rotatable bonds is 7. The standard InChI is InChI=1S/C24H27N3O3S/c1-29-21-9-7-18(8-10-21)24-25-20(17-31-24)16-26-11-13-27(14-12-26)23(28)15-19-5-3-4-6-22(19)30-2/h3-10,17H,11-16H2,1-2H3. The Morgan fingerprint density at radius 3 is 2.45 bits per heavy atom. The highest BCUT2D eigenvalue weighted by Gasteiger charge is 2.22. The average Bonchev–Trinajstić information content (AvgIpc) is 3.28. The molecule has 1 fully saturated rings. The van der Waals surface area contributed by atoms with E-state index in [1.807, 2.05) is 53.4 Å². The smallest absolute Gasteiger partial charge is 0.227 e. The monoisotopic (exact) mass is 437 g/mol. The molecule has 1 aliphatic rings. The molecule has 31 heavy (non-hydrogen) atoms. The second-order valence-corrected chi connectivity index (χ2v) is 8.38. The molecule has 4 rings (SSSR count). The van der Waals surface area contributed by atoms with Crippen LogP contribution < -0.4 is 9.47 Å². The summed E-state index contributed by atoms with van der Waals surface area (Å²) in [6.07, 6.45) is 0.376. The van der Waals surface area contributed by atoms with Crippen molar-refractivity contribution in [2.75, 3.05) is 40.4 Å². The number of carbonyl (C=O) groups excluding carboxylic acids is 1. The van der Waals surface area contributed by atoms with Crippen molar-refractivity contribution in [1.29, 1.82) is 0 Å². The summed E-state index contributed by atoms with van der Waals surface area (Å²) < 4.78 is 10.6. The van der Waals surface area contributed by atoms with Gasteiger partial charge >= 0.3 is 0 Å². The number of nitrogens with zero attached hydrogens (tertiary/aromatic N) is 3. The Morgan fingerprint density at radius 2 is 1.74 bits per heavy atom. The maximum Gasteiger partial charge on any atom is 0.227 e. The zero-order valence-electron chi connectivity index (χ0n) is 17.9. The van der Waals surface area contributed by atoms with E-state index in [-0.39, 0.29) is 5.91 Å². The zero-order valence-corrected chi connectivity index (χ0v) is 18.7. The van der Waals surface area contributed by atoms with Gasteiger partial charge in [0.2, 0.25) is 5.91 Å². The third-order valence-electron chi connectivity index (χ3n) is 5.53. The fraction of sp³-hybridized carbons (Fsp3) is 0.333. The summed E-state index contributed by atoms with van der Waals surface area (Å²) in [7, 11) is 3.31. The molecular formula is C24H27N3O3S. The fourth-order valence-electron chi connectivity index (χ4n) is 3.75. The predicted octanol–water partition coefficient (Wildman–Crippen LogP) is 3.71. The first-order chi connectivity index (χ1) is 15.2. The Bertz CT molecular complexity index is 1010. The van der Waals surface area contributed by atoms with Gasteiger partial charge in [-0.15, -0.1) is 11.3 Å². The first kappa shape index (κ1) is 21.3. The third-order valence-corrected chi connectivity index (χ3v) is 6.47. The number of hydrogen-bond donors (Lipinski definition) is 0. The second kappa shape index (κ2) is 9.94. The summed E-state index contributed by atoms with van der Waals surface area (Å²) in [5.74, 6) is 1.77.